The maximum Gasteiger partial charge on any atom is 0.0465 e. The van der Waals surface area contributed by atoms with Crippen LogP contribution in [0.4, 0.5) is 0 Å². The summed E-state index contributed by atoms with van der Waals surface area (Å²) in [6.45, 7) is 2.92. The molecule has 1 fully saturated rings. The number of benzene rings is 1. The molecule has 0 aromatic heterocycles. The number of likely N-dealkylation sites (tertiary alicyclic amines) is 1. The largest absolute Gasteiger partial charge is 0.298 e. The minimum atomic E-state index is 0.632. The molecule has 1 aromatic rings. The van der Waals surface area contributed by atoms with E-state index in [1.54, 1.807) is 0 Å². The van der Waals surface area contributed by atoms with Crippen LogP contribution in [0.3, 0.4) is 0 Å². The Hall–Kier alpha value is 0.0500. The third kappa shape index (κ3) is 2.59. The molecule has 1 aliphatic rings. The zero-order valence-corrected chi connectivity index (χ0v) is 10.5. The Morgan fingerprint density at radius 3 is 2.33 bits per heavy atom. The molecule has 15 heavy (non-hydrogen) atoms. The van der Waals surface area contributed by atoms with Crippen molar-refractivity contribution in [1.82, 2.24) is 4.90 Å². The fourth-order valence-electron chi connectivity index (χ4n) is 1.81. The average Bonchev–Trinajstić information content (AvgIpc) is 2.14. The molecule has 4 heteroatoms. The number of rotatable bonds is 3. The Morgan fingerprint density at radius 2 is 1.80 bits per heavy atom. The maximum absolute atomic E-state index is 6.09. The van der Waals surface area contributed by atoms with Gasteiger partial charge in [-0.3, -0.25) is 4.90 Å². The molecule has 1 heterocycles. The Balaban J connectivity index is 2.00. The Labute approximate surface area is 105 Å². The normalized spacial score (nSPS) is 17.8. The molecule has 0 radical (unpaired) electrons. The van der Waals surface area contributed by atoms with E-state index in [1.165, 1.54) is 0 Å². The predicted octanol–water partition coefficient (Wildman–Crippen LogP) is 3.66. The summed E-state index contributed by atoms with van der Waals surface area (Å²) in [4.78, 5) is 2.31. The molecule has 0 atom stereocenters. The van der Waals surface area contributed by atoms with Gasteiger partial charge in [0, 0.05) is 41.1 Å². The van der Waals surface area contributed by atoms with Gasteiger partial charge in [0.05, 0.1) is 0 Å². The minimum absolute atomic E-state index is 0.632. The van der Waals surface area contributed by atoms with Crippen molar-refractivity contribution in [3.63, 3.8) is 0 Å². The summed E-state index contributed by atoms with van der Waals surface area (Å²) in [7, 11) is 0. The quantitative estimate of drug-likeness (QED) is 0.753. The van der Waals surface area contributed by atoms with Gasteiger partial charge in [-0.05, 0) is 18.1 Å². The van der Waals surface area contributed by atoms with Gasteiger partial charge in [0.2, 0.25) is 0 Å². The van der Waals surface area contributed by atoms with Gasteiger partial charge in [-0.15, -0.1) is 11.6 Å². The van der Waals surface area contributed by atoms with Crippen molar-refractivity contribution in [1.29, 1.82) is 0 Å². The highest BCUT2D eigenvalue weighted by atomic mass is 35.5. The Bertz CT molecular complexity index is 327. The van der Waals surface area contributed by atoms with Crippen LogP contribution in [-0.4, -0.2) is 23.9 Å². The first-order valence-corrected chi connectivity index (χ1v) is 6.21. The van der Waals surface area contributed by atoms with Gasteiger partial charge in [-0.25, -0.2) is 0 Å². The van der Waals surface area contributed by atoms with Crippen LogP contribution in [0.1, 0.15) is 5.56 Å². The molecule has 0 aliphatic carbocycles. The molecular weight excluding hydrogens is 252 g/mol. The van der Waals surface area contributed by atoms with E-state index in [2.05, 4.69) is 4.90 Å². The van der Waals surface area contributed by atoms with Crippen LogP contribution in [-0.2, 0) is 6.54 Å². The van der Waals surface area contributed by atoms with E-state index in [1.807, 2.05) is 18.2 Å². The predicted molar refractivity (Wildman–Crippen MR) is 65.9 cm³/mol. The number of alkyl halides is 1. The van der Waals surface area contributed by atoms with E-state index in [-0.39, 0.29) is 0 Å². The number of nitrogens with zero attached hydrogens (tertiary/aromatic N) is 1. The van der Waals surface area contributed by atoms with Gasteiger partial charge in [-0.2, -0.15) is 0 Å². The Kier molecular flexibility index (Phi) is 3.78. The van der Waals surface area contributed by atoms with Crippen LogP contribution in [0.5, 0.6) is 0 Å². The molecule has 0 bridgehead atoms. The van der Waals surface area contributed by atoms with E-state index in [0.717, 1.165) is 41.1 Å². The van der Waals surface area contributed by atoms with Crippen LogP contribution in [0.25, 0.3) is 0 Å². The monoisotopic (exact) mass is 263 g/mol. The molecule has 1 saturated heterocycles. The molecule has 0 saturated carbocycles. The lowest BCUT2D eigenvalue weighted by Crippen LogP contribution is -2.46. The van der Waals surface area contributed by atoms with Crippen molar-refractivity contribution in [2.45, 2.75) is 6.54 Å². The van der Waals surface area contributed by atoms with E-state index in [9.17, 15) is 0 Å². The standard InChI is InChI=1S/C11H12Cl3N/c12-4-8-5-15(6-8)7-9-10(13)2-1-3-11(9)14/h1-3,8H,4-7H2. The highest BCUT2D eigenvalue weighted by Crippen LogP contribution is 2.28. The van der Waals surface area contributed by atoms with Crippen LogP contribution in [0, 0.1) is 5.92 Å². The SMILES string of the molecule is ClCC1CN(Cc2c(Cl)cccc2Cl)C1. The molecule has 0 spiro atoms. The zero-order valence-electron chi connectivity index (χ0n) is 8.22. The first kappa shape index (κ1) is 11.5. The molecule has 0 amide bonds. The second-order valence-corrected chi connectivity index (χ2v) is 5.04. The highest BCUT2D eigenvalue weighted by Gasteiger charge is 2.26. The summed E-state index contributed by atoms with van der Waals surface area (Å²) >= 11 is 17.9. The second kappa shape index (κ2) is 4.92. The van der Waals surface area contributed by atoms with Crippen molar-refractivity contribution < 1.29 is 0 Å². The van der Waals surface area contributed by atoms with E-state index >= 15 is 0 Å². The lowest BCUT2D eigenvalue weighted by molar-refractivity contribution is 0.107. The highest BCUT2D eigenvalue weighted by molar-refractivity contribution is 6.35. The average molecular weight is 265 g/mol. The molecule has 0 N–H and O–H groups in total. The molecule has 1 aliphatic heterocycles. The van der Waals surface area contributed by atoms with E-state index in [0.29, 0.717) is 5.92 Å². The van der Waals surface area contributed by atoms with Crippen LogP contribution >= 0.6 is 34.8 Å². The fourth-order valence-corrected chi connectivity index (χ4v) is 2.52. The molecular formula is C11H12Cl3N. The van der Waals surface area contributed by atoms with Gasteiger partial charge in [0.25, 0.3) is 0 Å². The molecule has 2 rings (SSSR count). The number of hydrogen-bond donors (Lipinski definition) is 0. The number of hydrogen-bond acceptors (Lipinski definition) is 1. The van der Waals surface area contributed by atoms with Crippen molar-refractivity contribution in [3.8, 4) is 0 Å². The fraction of sp³-hybridized carbons (Fsp3) is 0.455. The summed E-state index contributed by atoms with van der Waals surface area (Å²) in [5, 5.41) is 1.49. The first-order chi connectivity index (χ1) is 7.20. The zero-order chi connectivity index (χ0) is 10.8. The van der Waals surface area contributed by atoms with Gasteiger partial charge in [0.1, 0.15) is 0 Å². The third-order valence-corrected chi connectivity index (χ3v) is 3.84. The van der Waals surface area contributed by atoms with Crippen molar-refractivity contribution in [2.75, 3.05) is 19.0 Å². The topological polar surface area (TPSA) is 3.24 Å². The van der Waals surface area contributed by atoms with Crippen LogP contribution < -0.4 is 0 Å². The summed E-state index contributed by atoms with van der Waals surface area (Å²) in [6.07, 6.45) is 0. The molecule has 0 unspecified atom stereocenters. The number of halogens is 3. The maximum atomic E-state index is 6.09. The van der Waals surface area contributed by atoms with Crippen molar-refractivity contribution in [2.24, 2.45) is 5.92 Å². The molecule has 1 nitrogen and oxygen atoms in total. The lowest BCUT2D eigenvalue weighted by atomic mass is 10.0. The van der Waals surface area contributed by atoms with Crippen molar-refractivity contribution in [3.05, 3.63) is 33.8 Å². The lowest BCUT2D eigenvalue weighted by Gasteiger charge is -2.38. The van der Waals surface area contributed by atoms with Crippen LogP contribution in [0.2, 0.25) is 10.0 Å². The molecule has 1 aromatic carbocycles. The van der Waals surface area contributed by atoms with Gasteiger partial charge >= 0.3 is 0 Å². The first-order valence-electron chi connectivity index (χ1n) is 4.92. The van der Waals surface area contributed by atoms with E-state index < -0.39 is 0 Å². The van der Waals surface area contributed by atoms with Crippen LogP contribution in [0.15, 0.2) is 18.2 Å². The van der Waals surface area contributed by atoms with Gasteiger partial charge in [-0.1, -0.05) is 29.3 Å². The summed E-state index contributed by atoms with van der Waals surface area (Å²) in [6, 6.07) is 5.62. The summed E-state index contributed by atoms with van der Waals surface area (Å²) in [5.74, 6) is 1.38. The summed E-state index contributed by atoms with van der Waals surface area (Å²) < 4.78 is 0. The Morgan fingerprint density at radius 1 is 1.20 bits per heavy atom. The van der Waals surface area contributed by atoms with Gasteiger partial charge < -0.3 is 0 Å². The third-order valence-electron chi connectivity index (χ3n) is 2.69. The second-order valence-electron chi connectivity index (χ2n) is 3.91. The van der Waals surface area contributed by atoms with Crippen molar-refractivity contribution >= 4 is 34.8 Å². The van der Waals surface area contributed by atoms with Gasteiger partial charge in [0.15, 0.2) is 0 Å². The summed E-state index contributed by atoms with van der Waals surface area (Å²) in [5.41, 5.74) is 1.02. The minimum Gasteiger partial charge on any atom is -0.298 e. The smallest absolute Gasteiger partial charge is 0.0465 e. The molecule has 82 valence electrons. The van der Waals surface area contributed by atoms with E-state index in [4.69, 9.17) is 34.8 Å².